The lowest BCUT2D eigenvalue weighted by Crippen LogP contribution is -2.31. The number of hydrogen-bond acceptors (Lipinski definition) is 3. The molecule has 0 heterocycles. The van der Waals surface area contributed by atoms with Gasteiger partial charge in [0.1, 0.15) is 0 Å². The molecular weight excluding hydrogens is 190 g/mol. The van der Waals surface area contributed by atoms with Crippen molar-refractivity contribution in [2.45, 2.75) is 12.8 Å². The van der Waals surface area contributed by atoms with E-state index in [1.54, 1.807) is 12.1 Å². The zero-order valence-corrected chi connectivity index (χ0v) is 8.49. The Kier molecular flexibility index (Phi) is 2.36. The number of anilines is 2. The number of nitrogens with two attached hydrogens (primary N) is 2. The summed E-state index contributed by atoms with van der Waals surface area (Å²) in [5, 5.41) is 2.82. The van der Waals surface area contributed by atoms with Crippen LogP contribution in [0.1, 0.15) is 12.8 Å². The van der Waals surface area contributed by atoms with Crippen LogP contribution in [0, 0.1) is 5.41 Å². The largest absolute Gasteiger partial charge is 0.397 e. The maximum atomic E-state index is 11.8. The summed E-state index contributed by atoms with van der Waals surface area (Å²) in [4.78, 5) is 11.8. The number of amides is 1. The molecule has 0 radical (unpaired) electrons. The third-order valence-electron chi connectivity index (χ3n) is 2.93. The fourth-order valence-electron chi connectivity index (χ4n) is 1.54. The van der Waals surface area contributed by atoms with Crippen molar-refractivity contribution in [2.75, 3.05) is 17.6 Å². The van der Waals surface area contributed by atoms with Crippen LogP contribution in [0.4, 0.5) is 11.4 Å². The number of nitrogens with one attached hydrogen (secondary N) is 1. The lowest BCUT2D eigenvalue weighted by Gasteiger charge is -2.13. The Bertz CT molecular complexity index is 385. The van der Waals surface area contributed by atoms with Crippen molar-refractivity contribution in [3.8, 4) is 0 Å². The third kappa shape index (κ3) is 1.80. The summed E-state index contributed by atoms with van der Waals surface area (Å²) in [5.41, 5.74) is 12.2. The van der Waals surface area contributed by atoms with E-state index in [1.807, 2.05) is 12.1 Å². The summed E-state index contributed by atoms with van der Waals surface area (Å²) in [7, 11) is 0. The first-order valence-corrected chi connectivity index (χ1v) is 5.04. The number of rotatable bonds is 3. The molecule has 0 saturated heterocycles. The molecular formula is C11H15N3O. The molecule has 0 bridgehead atoms. The Morgan fingerprint density at radius 2 is 2.07 bits per heavy atom. The number of nitrogen functional groups attached to an aromatic ring is 1. The van der Waals surface area contributed by atoms with E-state index in [0.29, 0.717) is 17.9 Å². The monoisotopic (exact) mass is 205 g/mol. The summed E-state index contributed by atoms with van der Waals surface area (Å²) in [6, 6.07) is 7.23. The van der Waals surface area contributed by atoms with Gasteiger partial charge in [0.2, 0.25) is 5.91 Å². The average molecular weight is 205 g/mol. The van der Waals surface area contributed by atoms with E-state index < -0.39 is 0 Å². The molecule has 1 fully saturated rings. The van der Waals surface area contributed by atoms with Gasteiger partial charge in [-0.1, -0.05) is 12.1 Å². The molecule has 1 aromatic carbocycles. The second-order valence-corrected chi connectivity index (χ2v) is 4.03. The summed E-state index contributed by atoms with van der Waals surface area (Å²) in [6.45, 7) is 0.408. The second kappa shape index (κ2) is 3.55. The van der Waals surface area contributed by atoms with Crippen molar-refractivity contribution < 1.29 is 4.79 Å². The van der Waals surface area contributed by atoms with Crippen LogP contribution < -0.4 is 16.8 Å². The molecule has 4 heteroatoms. The van der Waals surface area contributed by atoms with Crippen LogP contribution >= 0.6 is 0 Å². The van der Waals surface area contributed by atoms with Gasteiger partial charge in [-0.3, -0.25) is 4.79 Å². The molecule has 80 valence electrons. The first-order valence-electron chi connectivity index (χ1n) is 5.04. The Morgan fingerprint density at radius 3 is 2.60 bits per heavy atom. The molecule has 15 heavy (non-hydrogen) atoms. The van der Waals surface area contributed by atoms with Crippen molar-refractivity contribution in [3.63, 3.8) is 0 Å². The molecule has 1 aromatic rings. The molecule has 5 N–H and O–H groups in total. The van der Waals surface area contributed by atoms with Crippen molar-refractivity contribution in [1.82, 2.24) is 0 Å². The average Bonchev–Trinajstić information content (AvgIpc) is 3.02. The highest BCUT2D eigenvalue weighted by Crippen LogP contribution is 2.45. The molecule has 1 saturated carbocycles. The maximum absolute atomic E-state index is 11.8. The maximum Gasteiger partial charge on any atom is 0.231 e. The van der Waals surface area contributed by atoms with E-state index in [9.17, 15) is 4.79 Å². The van der Waals surface area contributed by atoms with Crippen LogP contribution in [0.3, 0.4) is 0 Å². The van der Waals surface area contributed by atoms with Gasteiger partial charge in [-0.05, 0) is 25.0 Å². The standard InChI is InChI=1S/C11H15N3O/c12-7-11(5-6-11)10(15)14-9-4-2-1-3-8(9)13/h1-4H,5-7,12-13H2,(H,14,15). The predicted molar refractivity (Wildman–Crippen MR) is 60.2 cm³/mol. The van der Waals surface area contributed by atoms with Crippen LogP contribution in [-0.4, -0.2) is 12.5 Å². The zero-order chi connectivity index (χ0) is 10.9. The number of benzene rings is 1. The van der Waals surface area contributed by atoms with Crippen LogP contribution in [0.5, 0.6) is 0 Å². The molecule has 0 aromatic heterocycles. The van der Waals surface area contributed by atoms with Gasteiger partial charge in [-0.15, -0.1) is 0 Å². The fourth-order valence-corrected chi connectivity index (χ4v) is 1.54. The Balaban J connectivity index is 2.10. The highest BCUT2D eigenvalue weighted by atomic mass is 16.2. The van der Waals surface area contributed by atoms with Gasteiger partial charge in [0.05, 0.1) is 16.8 Å². The molecule has 0 aliphatic heterocycles. The van der Waals surface area contributed by atoms with Gasteiger partial charge in [0, 0.05) is 6.54 Å². The van der Waals surface area contributed by atoms with Gasteiger partial charge >= 0.3 is 0 Å². The lowest BCUT2D eigenvalue weighted by molar-refractivity contribution is -0.120. The normalized spacial score (nSPS) is 17.1. The summed E-state index contributed by atoms with van der Waals surface area (Å²) < 4.78 is 0. The fraction of sp³-hybridized carbons (Fsp3) is 0.364. The van der Waals surface area contributed by atoms with Gasteiger partial charge in [-0.25, -0.2) is 0 Å². The van der Waals surface area contributed by atoms with Crippen LogP contribution in [0.2, 0.25) is 0 Å². The van der Waals surface area contributed by atoms with E-state index in [4.69, 9.17) is 11.5 Å². The lowest BCUT2D eigenvalue weighted by atomic mass is 10.1. The number of carbonyl (C=O) groups excluding carboxylic acids is 1. The second-order valence-electron chi connectivity index (χ2n) is 4.03. The van der Waals surface area contributed by atoms with Gasteiger partial charge < -0.3 is 16.8 Å². The number of carbonyl (C=O) groups is 1. The van der Waals surface area contributed by atoms with E-state index >= 15 is 0 Å². The van der Waals surface area contributed by atoms with E-state index in [-0.39, 0.29) is 11.3 Å². The molecule has 1 aliphatic rings. The minimum atomic E-state index is -0.331. The van der Waals surface area contributed by atoms with Gasteiger partial charge in [0.15, 0.2) is 0 Å². The zero-order valence-electron chi connectivity index (χ0n) is 8.49. The number of para-hydroxylation sites is 2. The van der Waals surface area contributed by atoms with Gasteiger partial charge in [0.25, 0.3) is 0 Å². The predicted octanol–water partition coefficient (Wildman–Crippen LogP) is 0.946. The topological polar surface area (TPSA) is 81.1 Å². The van der Waals surface area contributed by atoms with Crippen molar-refractivity contribution >= 4 is 17.3 Å². The Morgan fingerprint density at radius 1 is 1.40 bits per heavy atom. The smallest absolute Gasteiger partial charge is 0.231 e. The van der Waals surface area contributed by atoms with Gasteiger partial charge in [-0.2, -0.15) is 0 Å². The third-order valence-corrected chi connectivity index (χ3v) is 2.93. The first-order chi connectivity index (χ1) is 7.18. The Hall–Kier alpha value is -1.55. The molecule has 0 atom stereocenters. The summed E-state index contributed by atoms with van der Waals surface area (Å²) in [5.74, 6) is -0.0112. The molecule has 1 amide bonds. The minimum absolute atomic E-state index is 0.0112. The molecule has 0 unspecified atom stereocenters. The molecule has 1 aliphatic carbocycles. The molecule has 2 rings (SSSR count). The molecule has 4 nitrogen and oxygen atoms in total. The highest BCUT2D eigenvalue weighted by molar-refractivity contribution is 5.99. The summed E-state index contributed by atoms with van der Waals surface area (Å²) in [6.07, 6.45) is 1.75. The van der Waals surface area contributed by atoms with Crippen LogP contribution in [-0.2, 0) is 4.79 Å². The van der Waals surface area contributed by atoms with Crippen molar-refractivity contribution in [1.29, 1.82) is 0 Å². The number of hydrogen-bond donors (Lipinski definition) is 3. The van der Waals surface area contributed by atoms with Crippen LogP contribution in [0.25, 0.3) is 0 Å². The summed E-state index contributed by atoms with van der Waals surface area (Å²) >= 11 is 0. The Labute approximate surface area is 88.6 Å². The van der Waals surface area contributed by atoms with E-state index in [1.165, 1.54) is 0 Å². The van der Waals surface area contributed by atoms with Crippen molar-refractivity contribution in [2.24, 2.45) is 11.1 Å². The SMILES string of the molecule is NCC1(C(=O)Nc2ccccc2N)CC1. The first kappa shape index (κ1) is 9.98. The van der Waals surface area contributed by atoms with E-state index in [0.717, 1.165) is 12.8 Å². The highest BCUT2D eigenvalue weighted by Gasteiger charge is 2.48. The molecule has 0 spiro atoms. The van der Waals surface area contributed by atoms with E-state index in [2.05, 4.69) is 5.32 Å². The van der Waals surface area contributed by atoms with Crippen molar-refractivity contribution in [3.05, 3.63) is 24.3 Å². The minimum Gasteiger partial charge on any atom is -0.397 e. The van der Waals surface area contributed by atoms with Crippen LogP contribution in [0.15, 0.2) is 24.3 Å². The quantitative estimate of drug-likeness (QED) is 0.642.